The van der Waals surface area contributed by atoms with E-state index in [2.05, 4.69) is 10.6 Å². The van der Waals surface area contributed by atoms with Gasteiger partial charge in [0.25, 0.3) is 0 Å². The summed E-state index contributed by atoms with van der Waals surface area (Å²) in [5.41, 5.74) is 1.22. The van der Waals surface area contributed by atoms with Crippen molar-refractivity contribution in [3.8, 4) is 0 Å². The molecule has 2 rings (SSSR count). The van der Waals surface area contributed by atoms with Crippen LogP contribution in [0.15, 0.2) is 11.4 Å². The Morgan fingerprint density at radius 2 is 2.40 bits per heavy atom. The topological polar surface area (TPSA) is 58.2 Å². The molecule has 1 atom stereocenters. The van der Waals surface area contributed by atoms with E-state index in [0.29, 0.717) is 6.54 Å². The van der Waals surface area contributed by atoms with Crippen molar-refractivity contribution >= 4 is 23.2 Å². The lowest BCUT2D eigenvalue weighted by Crippen LogP contribution is -2.35. The van der Waals surface area contributed by atoms with E-state index in [-0.39, 0.29) is 24.3 Å². The molecule has 1 aromatic rings. The Morgan fingerprint density at radius 3 is 2.93 bits per heavy atom. The normalized spacial score (nSPS) is 20.7. The van der Waals surface area contributed by atoms with Crippen molar-refractivity contribution in [2.45, 2.75) is 25.9 Å². The van der Waals surface area contributed by atoms with Crippen LogP contribution in [0.4, 0.5) is 0 Å². The third kappa shape index (κ3) is 2.24. The molecule has 4 nitrogen and oxygen atoms in total. The third-order valence-electron chi connectivity index (χ3n) is 2.45. The molecule has 2 amide bonds. The standard InChI is InChI=1S/C10H12N2O2S/c1-6-2-3-15-8(6)5-11-7-4-9(13)12-10(7)14/h2-3,7,11H,4-5H2,1H3,(H,12,13,14). The van der Waals surface area contributed by atoms with Crippen LogP contribution in [-0.4, -0.2) is 17.9 Å². The zero-order valence-corrected chi connectivity index (χ0v) is 9.19. The summed E-state index contributed by atoms with van der Waals surface area (Å²) in [4.78, 5) is 23.4. The first-order chi connectivity index (χ1) is 7.16. The predicted octanol–water partition coefficient (Wildman–Crippen LogP) is 0.561. The first-order valence-electron chi connectivity index (χ1n) is 4.77. The fraction of sp³-hybridized carbons (Fsp3) is 0.400. The van der Waals surface area contributed by atoms with E-state index in [9.17, 15) is 9.59 Å². The van der Waals surface area contributed by atoms with E-state index in [1.807, 2.05) is 18.4 Å². The lowest BCUT2D eigenvalue weighted by molar-refractivity contribution is -0.125. The zero-order valence-electron chi connectivity index (χ0n) is 8.37. The van der Waals surface area contributed by atoms with Gasteiger partial charge in [-0.05, 0) is 23.9 Å². The van der Waals surface area contributed by atoms with Crippen molar-refractivity contribution in [3.05, 3.63) is 21.9 Å². The number of aryl methyl sites for hydroxylation is 1. The summed E-state index contributed by atoms with van der Waals surface area (Å²) < 4.78 is 0. The summed E-state index contributed by atoms with van der Waals surface area (Å²) in [6.07, 6.45) is 0.253. The highest BCUT2D eigenvalue weighted by Crippen LogP contribution is 2.15. The number of carbonyl (C=O) groups is 2. The molecule has 2 heterocycles. The fourth-order valence-electron chi connectivity index (χ4n) is 1.52. The molecular weight excluding hydrogens is 212 g/mol. The predicted molar refractivity (Wildman–Crippen MR) is 57.5 cm³/mol. The van der Waals surface area contributed by atoms with Crippen LogP contribution in [-0.2, 0) is 16.1 Å². The van der Waals surface area contributed by atoms with Gasteiger partial charge in [0.2, 0.25) is 11.8 Å². The van der Waals surface area contributed by atoms with Gasteiger partial charge in [-0.25, -0.2) is 0 Å². The van der Waals surface area contributed by atoms with Crippen LogP contribution in [0.5, 0.6) is 0 Å². The molecule has 0 saturated carbocycles. The van der Waals surface area contributed by atoms with Crippen molar-refractivity contribution in [3.63, 3.8) is 0 Å². The van der Waals surface area contributed by atoms with Gasteiger partial charge in [-0.15, -0.1) is 11.3 Å². The molecule has 1 aromatic heterocycles. The van der Waals surface area contributed by atoms with Crippen molar-refractivity contribution in [1.82, 2.24) is 10.6 Å². The molecule has 1 unspecified atom stereocenters. The molecule has 2 N–H and O–H groups in total. The smallest absolute Gasteiger partial charge is 0.244 e. The van der Waals surface area contributed by atoms with E-state index in [4.69, 9.17) is 0 Å². The van der Waals surface area contributed by atoms with Crippen molar-refractivity contribution in [1.29, 1.82) is 0 Å². The maximum absolute atomic E-state index is 11.2. The summed E-state index contributed by atoms with van der Waals surface area (Å²) in [6, 6.07) is 1.68. The first kappa shape index (κ1) is 10.3. The van der Waals surface area contributed by atoms with Gasteiger partial charge < -0.3 is 5.32 Å². The molecule has 1 aliphatic heterocycles. The molecule has 5 heteroatoms. The Kier molecular flexibility index (Phi) is 2.83. The molecule has 80 valence electrons. The largest absolute Gasteiger partial charge is 0.300 e. The summed E-state index contributed by atoms with van der Waals surface area (Å²) in [5, 5.41) is 7.38. The number of imide groups is 1. The number of rotatable bonds is 3. The van der Waals surface area contributed by atoms with Gasteiger partial charge in [0.05, 0.1) is 12.5 Å². The molecule has 0 aliphatic carbocycles. The van der Waals surface area contributed by atoms with Crippen LogP contribution in [0, 0.1) is 6.92 Å². The van der Waals surface area contributed by atoms with Crippen molar-refractivity contribution < 1.29 is 9.59 Å². The Hall–Kier alpha value is -1.20. The summed E-state index contributed by atoms with van der Waals surface area (Å²) in [5.74, 6) is -0.408. The van der Waals surface area contributed by atoms with E-state index in [1.54, 1.807) is 11.3 Å². The van der Waals surface area contributed by atoms with E-state index < -0.39 is 0 Å². The van der Waals surface area contributed by atoms with Crippen molar-refractivity contribution in [2.75, 3.05) is 0 Å². The minimum absolute atomic E-state index is 0.194. The number of carbonyl (C=O) groups excluding carboxylic acids is 2. The third-order valence-corrected chi connectivity index (χ3v) is 3.47. The Bertz CT molecular complexity index is 400. The van der Waals surface area contributed by atoms with Crippen LogP contribution >= 0.6 is 11.3 Å². The average Bonchev–Trinajstić information content (AvgIpc) is 2.70. The average molecular weight is 224 g/mol. The molecule has 0 aromatic carbocycles. The summed E-state index contributed by atoms with van der Waals surface area (Å²) >= 11 is 1.66. The molecule has 1 saturated heterocycles. The molecule has 0 radical (unpaired) electrons. The Morgan fingerprint density at radius 1 is 1.60 bits per heavy atom. The minimum atomic E-state index is -0.362. The minimum Gasteiger partial charge on any atom is -0.300 e. The van der Waals surface area contributed by atoms with Crippen LogP contribution < -0.4 is 10.6 Å². The van der Waals surface area contributed by atoms with Crippen molar-refractivity contribution in [2.24, 2.45) is 0 Å². The van der Waals surface area contributed by atoms with Crippen LogP contribution in [0.2, 0.25) is 0 Å². The van der Waals surface area contributed by atoms with Gasteiger partial charge in [-0.2, -0.15) is 0 Å². The fourth-order valence-corrected chi connectivity index (χ4v) is 2.38. The molecule has 0 spiro atoms. The number of hydrogen-bond acceptors (Lipinski definition) is 4. The maximum atomic E-state index is 11.2. The number of amides is 2. The van der Waals surface area contributed by atoms with Gasteiger partial charge in [-0.1, -0.05) is 0 Å². The molecular formula is C10H12N2O2S. The van der Waals surface area contributed by atoms with E-state index >= 15 is 0 Å². The lowest BCUT2D eigenvalue weighted by atomic mass is 10.2. The van der Waals surface area contributed by atoms with Crippen LogP contribution in [0.1, 0.15) is 16.9 Å². The highest BCUT2D eigenvalue weighted by molar-refractivity contribution is 7.10. The second-order valence-electron chi connectivity index (χ2n) is 3.58. The van der Waals surface area contributed by atoms with Gasteiger partial charge >= 0.3 is 0 Å². The second kappa shape index (κ2) is 4.12. The maximum Gasteiger partial charge on any atom is 0.244 e. The van der Waals surface area contributed by atoms with Gasteiger partial charge in [-0.3, -0.25) is 14.9 Å². The molecule has 1 aliphatic rings. The van der Waals surface area contributed by atoms with Gasteiger partial charge in [0.1, 0.15) is 0 Å². The van der Waals surface area contributed by atoms with Gasteiger partial charge in [0.15, 0.2) is 0 Å². The zero-order chi connectivity index (χ0) is 10.8. The molecule has 1 fully saturated rings. The SMILES string of the molecule is Cc1ccsc1CNC1CC(=O)NC1=O. The first-order valence-corrected chi connectivity index (χ1v) is 5.65. The lowest BCUT2D eigenvalue weighted by Gasteiger charge is -2.07. The van der Waals surface area contributed by atoms with Crippen LogP contribution in [0.25, 0.3) is 0 Å². The van der Waals surface area contributed by atoms with Crippen LogP contribution in [0.3, 0.4) is 0 Å². The Labute approximate surface area is 91.7 Å². The quantitative estimate of drug-likeness (QED) is 0.738. The van der Waals surface area contributed by atoms with E-state index in [1.165, 1.54) is 10.4 Å². The molecule has 15 heavy (non-hydrogen) atoms. The van der Waals surface area contributed by atoms with E-state index in [0.717, 1.165) is 0 Å². The highest BCUT2D eigenvalue weighted by Gasteiger charge is 2.29. The monoisotopic (exact) mass is 224 g/mol. The summed E-state index contributed by atoms with van der Waals surface area (Å²) in [7, 11) is 0. The number of hydrogen-bond donors (Lipinski definition) is 2. The summed E-state index contributed by atoms with van der Waals surface area (Å²) in [6.45, 7) is 2.68. The Balaban J connectivity index is 1.91. The highest BCUT2D eigenvalue weighted by atomic mass is 32.1. The number of thiophene rings is 1. The van der Waals surface area contributed by atoms with Gasteiger partial charge in [0, 0.05) is 11.4 Å². The number of nitrogens with one attached hydrogen (secondary N) is 2. The second-order valence-corrected chi connectivity index (χ2v) is 4.58. The molecule has 0 bridgehead atoms.